The van der Waals surface area contributed by atoms with E-state index in [0.29, 0.717) is 0 Å². The number of para-hydroxylation sites is 2. The Labute approximate surface area is 103 Å². The van der Waals surface area contributed by atoms with Crippen LogP contribution >= 0.6 is 0 Å². The molecule has 0 atom stereocenters. The lowest BCUT2D eigenvalue weighted by atomic mass is 10.2. The highest BCUT2D eigenvalue weighted by atomic mass is 16.3. The van der Waals surface area contributed by atoms with Crippen LogP contribution in [0.5, 0.6) is 0 Å². The summed E-state index contributed by atoms with van der Waals surface area (Å²) in [7, 11) is 0. The summed E-state index contributed by atoms with van der Waals surface area (Å²) < 4.78 is 0. The van der Waals surface area contributed by atoms with E-state index in [2.05, 4.69) is 15.9 Å². The van der Waals surface area contributed by atoms with E-state index in [4.69, 9.17) is 10.8 Å². The molecule has 3 N–H and O–H groups in total. The number of rotatable bonds is 4. The topological polar surface area (TPSA) is 52.7 Å². The summed E-state index contributed by atoms with van der Waals surface area (Å²) in [6.07, 6.45) is 0.869. The van der Waals surface area contributed by atoms with Crippen molar-refractivity contribution in [1.29, 1.82) is 0 Å². The van der Waals surface area contributed by atoms with Crippen LogP contribution in [0.2, 0.25) is 0 Å². The number of aliphatic hydroxyl groups is 1. The molecule has 1 fully saturated rings. The number of aliphatic hydroxyl groups excluding tert-OH is 1. The summed E-state index contributed by atoms with van der Waals surface area (Å²) in [5.41, 5.74) is 7.98. The summed E-state index contributed by atoms with van der Waals surface area (Å²) in [6, 6.07) is 8.03. The molecule has 0 bridgehead atoms. The summed E-state index contributed by atoms with van der Waals surface area (Å²) in [6.45, 7) is 5.41. The van der Waals surface area contributed by atoms with Crippen LogP contribution in [0.3, 0.4) is 0 Å². The molecule has 4 heteroatoms. The quantitative estimate of drug-likeness (QED) is 0.757. The van der Waals surface area contributed by atoms with Gasteiger partial charge in [-0.15, -0.1) is 0 Å². The van der Waals surface area contributed by atoms with Gasteiger partial charge in [0, 0.05) is 39.3 Å². The minimum atomic E-state index is 0.284. The second kappa shape index (κ2) is 5.89. The van der Waals surface area contributed by atoms with Gasteiger partial charge in [-0.1, -0.05) is 12.1 Å². The monoisotopic (exact) mass is 235 g/mol. The molecular weight excluding hydrogens is 214 g/mol. The summed E-state index contributed by atoms with van der Waals surface area (Å²) in [5.74, 6) is 0. The van der Waals surface area contributed by atoms with Crippen molar-refractivity contribution in [1.82, 2.24) is 4.90 Å². The van der Waals surface area contributed by atoms with Crippen LogP contribution in [0.15, 0.2) is 24.3 Å². The fourth-order valence-corrected chi connectivity index (χ4v) is 2.28. The predicted molar refractivity (Wildman–Crippen MR) is 71.2 cm³/mol. The standard InChI is InChI=1S/C13H21N3O/c14-12-4-1-2-5-13(12)16-9-7-15(8-10-16)6-3-11-17/h1-2,4-5,17H,3,6-11,14H2. The minimum absolute atomic E-state index is 0.284. The van der Waals surface area contributed by atoms with Gasteiger partial charge < -0.3 is 15.7 Å². The Balaban J connectivity index is 1.89. The van der Waals surface area contributed by atoms with Crippen molar-refractivity contribution < 1.29 is 5.11 Å². The number of anilines is 2. The molecule has 1 heterocycles. The summed E-state index contributed by atoms with van der Waals surface area (Å²) >= 11 is 0. The van der Waals surface area contributed by atoms with E-state index in [1.54, 1.807) is 0 Å². The Morgan fingerprint density at radius 1 is 1.12 bits per heavy atom. The van der Waals surface area contributed by atoms with Crippen LogP contribution in [-0.2, 0) is 0 Å². The van der Waals surface area contributed by atoms with Crippen molar-refractivity contribution in [2.45, 2.75) is 6.42 Å². The van der Waals surface area contributed by atoms with Crippen LogP contribution in [0.25, 0.3) is 0 Å². The van der Waals surface area contributed by atoms with Crippen LogP contribution in [-0.4, -0.2) is 49.3 Å². The van der Waals surface area contributed by atoms with Crippen molar-refractivity contribution in [2.75, 3.05) is 50.0 Å². The number of benzene rings is 1. The number of piperazine rings is 1. The van der Waals surface area contributed by atoms with Gasteiger partial charge in [-0.05, 0) is 18.6 Å². The van der Waals surface area contributed by atoms with Gasteiger partial charge in [0.25, 0.3) is 0 Å². The van der Waals surface area contributed by atoms with Crippen molar-refractivity contribution in [3.63, 3.8) is 0 Å². The second-order valence-corrected chi connectivity index (χ2v) is 4.46. The Morgan fingerprint density at radius 2 is 1.82 bits per heavy atom. The van der Waals surface area contributed by atoms with Gasteiger partial charge in [-0.2, -0.15) is 0 Å². The molecule has 1 aliphatic rings. The van der Waals surface area contributed by atoms with Gasteiger partial charge >= 0.3 is 0 Å². The lowest BCUT2D eigenvalue weighted by Gasteiger charge is -2.36. The average molecular weight is 235 g/mol. The minimum Gasteiger partial charge on any atom is -0.397 e. The van der Waals surface area contributed by atoms with E-state index in [1.165, 1.54) is 0 Å². The molecule has 4 nitrogen and oxygen atoms in total. The number of nitrogens with two attached hydrogens (primary N) is 1. The molecule has 1 aromatic rings. The van der Waals surface area contributed by atoms with Crippen LogP contribution in [0.4, 0.5) is 11.4 Å². The molecule has 0 aromatic heterocycles. The molecule has 0 amide bonds. The largest absolute Gasteiger partial charge is 0.397 e. The molecule has 2 rings (SSSR count). The van der Waals surface area contributed by atoms with Crippen molar-refractivity contribution >= 4 is 11.4 Å². The Bertz CT molecular complexity index is 348. The lowest BCUT2D eigenvalue weighted by molar-refractivity contribution is 0.216. The van der Waals surface area contributed by atoms with Crippen LogP contribution < -0.4 is 10.6 Å². The predicted octanol–water partition coefficient (Wildman–Crippen LogP) is 0.773. The molecule has 0 unspecified atom stereocenters. The number of hydrogen-bond donors (Lipinski definition) is 2. The van der Waals surface area contributed by atoms with Crippen LogP contribution in [0, 0.1) is 0 Å². The third-order valence-corrected chi connectivity index (χ3v) is 3.28. The second-order valence-electron chi connectivity index (χ2n) is 4.46. The molecular formula is C13H21N3O. The molecule has 17 heavy (non-hydrogen) atoms. The smallest absolute Gasteiger partial charge is 0.0600 e. The normalized spacial score (nSPS) is 17.4. The zero-order valence-corrected chi connectivity index (χ0v) is 10.2. The number of nitrogens with zero attached hydrogens (tertiary/aromatic N) is 2. The highest BCUT2D eigenvalue weighted by Crippen LogP contribution is 2.23. The maximum atomic E-state index is 8.81. The molecule has 0 spiro atoms. The molecule has 1 aliphatic heterocycles. The summed E-state index contributed by atoms with van der Waals surface area (Å²) in [4.78, 5) is 4.73. The zero-order valence-electron chi connectivity index (χ0n) is 10.2. The third kappa shape index (κ3) is 3.11. The molecule has 1 aromatic carbocycles. The SMILES string of the molecule is Nc1ccccc1N1CCN(CCCO)CC1. The van der Waals surface area contributed by atoms with Gasteiger partial charge in [0.05, 0.1) is 11.4 Å². The van der Waals surface area contributed by atoms with E-state index < -0.39 is 0 Å². The van der Waals surface area contributed by atoms with E-state index >= 15 is 0 Å². The maximum Gasteiger partial charge on any atom is 0.0600 e. The van der Waals surface area contributed by atoms with E-state index in [-0.39, 0.29) is 6.61 Å². The Hall–Kier alpha value is -1.26. The lowest BCUT2D eigenvalue weighted by Crippen LogP contribution is -2.46. The van der Waals surface area contributed by atoms with Gasteiger partial charge in [0.1, 0.15) is 0 Å². The molecule has 94 valence electrons. The zero-order chi connectivity index (χ0) is 12.1. The van der Waals surface area contributed by atoms with E-state index in [1.807, 2.05) is 18.2 Å². The highest BCUT2D eigenvalue weighted by Gasteiger charge is 2.17. The maximum absolute atomic E-state index is 8.81. The van der Waals surface area contributed by atoms with Crippen molar-refractivity contribution in [2.24, 2.45) is 0 Å². The van der Waals surface area contributed by atoms with Crippen LogP contribution in [0.1, 0.15) is 6.42 Å². The van der Waals surface area contributed by atoms with Crippen molar-refractivity contribution in [3.05, 3.63) is 24.3 Å². The van der Waals surface area contributed by atoms with E-state index in [0.717, 1.165) is 50.5 Å². The van der Waals surface area contributed by atoms with Gasteiger partial charge in [0.2, 0.25) is 0 Å². The first-order chi connectivity index (χ1) is 8.31. The number of hydrogen-bond acceptors (Lipinski definition) is 4. The average Bonchev–Trinajstić information content (AvgIpc) is 2.38. The van der Waals surface area contributed by atoms with Crippen molar-refractivity contribution in [3.8, 4) is 0 Å². The first-order valence-electron chi connectivity index (χ1n) is 6.24. The highest BCUT2D eigenvalue weighted by molar-refractivity contribution is 5.67. The fourth-order valence-electron chi connectivity index (χ4n) is 2.28. The van der Waals surface area contributed by atoms with E-state index in [9.17, 15) is 0 Å². The molecule has 0 aliphatic carbocycles. The third-order valence-electron chi connectivity index (χ3n) is 3.28. The Morgan fingerprint density at radius 3 is 2.47 bits per heavy atom. The molecule has 1 saturated heterocycles. The number of nitrogen functional groups attached to an aromatic ring is 1. The molecule has 0 saturated carbocycles. The van der Waals surface area contributed by atoms with Gasteiger partial charge in [-0.3, -0.25) is 4.90 Å². The first kappa shape index (κ1) is 12.2. The summed E-state index contributed by atoms with van der Waals surface area (Å²) in [5, 5.41) is 8.81. The molecule has 0 radical (unpaired) electrons. The van der Waals surface area contributed by atoms with Gasteiger partial charge in [0.15, 0.2) is 0 Å². The van der Waals surface area contributed by atoms with Gasteiger partial charge in [-0.25, -0.2) is 0 Å². The fraction of sp³-hybridized carbons (Fsp3) is 0.538. The Kier molecular flexibility index (Phi) is 4.23. The first-order valence-corrected chi connectivity index (χ1v) is 6.24.